The van der Waals surface area contributed by atoms with E-state index in [-0.39, 0.29) is 19.6 Å². The van der Waals surface area contributed by atoms with Crippen LogP contribution in [0.3, 0.4) is 0 Å². The molecule has 0 saturated carbocycles. The van der Waals surface area contributed by atoms with Gasteiger partial charge in [-0.3, -0.25) is 4.68 Å². The Morgan fingerprint density at radius 2 is 1.55 bits per heavy atom. The molecule has 0 N–H and O–H groups in total. The number of nitrogens with zero attached hydrogens (tertiary/aromatic N) is 4. The average Bonchev–Trinajstić information content (AvgIpc) is 3.13. The van der Waals surface area contributed by atoms with Gasteiger partial charge in [-0.15, -0.1) is 0 Å². The Hall–Kier alpha value is -2.68. The molecule has 0 amide bonds. The largest absolute Gasteiger partial charge is 0.497 e. The summed E-state index contributed by atoms with van der Waals surface area (Å²) in [6.45, 7) is 0.801. The third-order valence-corrected chi connectivity index (χ3v) is 6.43. The Kier molecular flexibility index (Phi) is 6.68. The fraction of sp³-hybridized carbons (Fsp3) is 0.286. The Bertz CT molecular complexity index is 1020. The first-order valence-electron chi connectivity index (χ1n) is 9.24. The lowest BCUT2D eigenvalue weighted by Gasteiger charge is -2.27. The zero-order valence-electron chi connectivity index (χ0n) is 16.9. The maximum Gasteiger partial charge on any atom is 0.282 e. The van der Waals surface area contributed by atoms with E-state index in [1.54, 1.807) is 25.0 Å². The van der Waals surface area contributed by atoms with Crippen molar-refractivity contribution in [2.75, 3.05) is 14.2 Å². The van der Waals surface area contributed by atoms with Crippen molar-refractivity contribution in [3.8, 4) is 5.75 Å². The number of aryl methyl sites for hydroxylation is 1. The smallest absolute Gasteiger partial charge is 0.282 e. The van der Waals surface area contributed by atoms with Crippen molar-refractivity contribution in [1.82, 2.24) is 18.4 Å². The Labute approximate surface area is 172 Å². The molecule has 29 heavy (non-hydrogen) atoms. The molecule has 1 heterocycles. The van der Waals surface area contributed by atoms with E-state index in [2.05, 4.69) is 5.10 Å². The molecule has 0 aliphatic rings. The highest BCUT2D eigenvalue weighted by molar-refractivity contribution is 7.86. The van der Waals surface area contributed by atoms with Crippen molar-refractivity contribution in [3.63, 3.8) is 0 Å². The number of ether oxygens (including phenoxy) is 1. The molecular weight excluding hydrogens is 388 g/mol. The molecule has 0 unspecified atom stereocenters. The topological polar surface area (TPSA) is 67.7 Å². The van der Waals surface area contributed by atoms with Crippen molar-refractivity contribution in [2.24, 2.45) is 7.05 Å². The summed E-state index contributed by atoms with van der Waals surface area (Å²) in [6, 6.07) is 17.0. The van der Waals surface area contributed by atoms with Gasteiger partial charge in [0.15, 0.2) is 0 Å². The fourth-order valence-corrected chi connectivity index (χ4v) is 4.36. The monoisotopic (exact) mass is 414 g/mol. The lowest BCUT2D eigenvalue weighted by Crippen LogP contribution is -2.40. The summed E-state index contributed by atoms with van der Waals surface area (Å²) in [5.74, 6) is 0.736. The highest BCUT2D eigenvalue weighted by Gasteiger charge is 2.27. The van der Waals surface area contributed by atoms with Crippen LogP contribution in [0, 0.1) is 0 Å². The maximum absolute atomic E-state index is 13.4. The second kappa shape index (κ2) is 9.21. The van der Waals surface area contributed by atoms with Gasteiger partial charge < -0.3 is 4.74 Å². The first-order valence-corrected chi connectivity index (χ1v) is 10.6. The van der Waals surface area contributed by atoms with Crippen molar-refractivity contribution >= 4 is 10.2 Å². The standard InChI is InChI=1S/C21H26N4O3S/c1-23-14-20(13-22-23)15-24(2)29(26,27)25(16-18-7-5-4-6-8-18)17-19-9-11-21(28-3)12-10-19/h4-14H,15-17H2,1-3H3. The predicted octanol–water partition coefficient (Wildman–Crippen LogP) is 2.81. The molecule has 0 bridgehead atoms. The van der Waals surface area contributed by atoms with Gasteiger partial charge in [-0.2, -0.15) is 22.1 Å². The SMILES string of the molecule is COc1ccc(CN(Cc2ccccc2)S(=O)(=O)N(C)Cc2cnn(C)c2)cc1. The van der Waals surface area contributed by atoms with Gasteiger partial charge in [0.25, 0.3) is 10.2 Å². The molecule has 0 saturated heterocycles. The summed E-state index contributed by atoms with van der Waals surface area (Å²) in [4.78, 5) is 0. The number of hydrogen-bond donors (Lipinski definition) is 0. The zero-order valence-corrected chi connectivity index (χ0v) is 17.7. The van der Waals surface area contributed by atoms with Crippen LogP contribution in [0.2, 0.25) is 0 Å². The van der Waals surface area contributed by atoms with Gasteiger partial charge in [-0.1, -0.05) is 42.5 Å². The molecule has 0 aliphatic heterocycles. The molecule has 3 aromatic rings. The first kappa shape index (κ1) is 21.0. The van der Waals surface area contributed by atoms with Crippen LogP contribution >= 0.6 is 0 Å². The maximum atomic E-state index is 13.4. The predicted molar refractivity (Wildman–Crippen MR) is 112 cm³/mol. The van der Waals surface area contributed by atoms with Crippen LogP contribution in [0.25, 0.3) is 0 Å². The van der Waals surface area contributed by atoms with E-state index in [1.165, 1.54) is 8.61 Å². The Balaban J connectivity index is 1.85. The molecule has 0 spiro atoms. The van der Waals surface area contributed by atoms with E-state index in [1.807, 2.05) is 67.8 Å². The van der Waals surface area contributed by atoms with Gasteiger partial charge in [0.2, 0.25) is 0 Å². The van der Waals surface area contributed by atoms with Gasteiger partial charge in [0.05, 0.1) is 13.3 Å². The third kappa shape index (κ3) is 5.44. The van der Waals surface area contributed by atoms with E-state index in [4.69, 9.17) is 4.74 Å². The minimum Gasteiger partial charge on any atom is -0.497 e. The van der Waals surface area contributed by atoms with Gasteiger partial charge in [0, 0.05) is 45.5 Å². The summed E-state index contributed by atoms with van der Waals surface area (Å²) in [7, 11) is 1.30. The van der Waals surface area contributed by atoms with Crippen LogP contribution in [0.1, 0.15) is 16.7 Å². The van der Waals surface area contributed by atoms with Gasteiger partial charge in [-0.05, 0) is 23.3 Å². The summed E-state index contributed by atoms with van der Waals surface area (Å²) < 4.78 is 36.4. The van der Waals surface area contributed by atoms with E-state index >= 15 is 0 Å². The number of hydrogen-bond acceptors (Lipinski definition) is 4. The third-order valence-electron chi connectivity index (χ3n) is 4.60. The van der Waals surface area contributed by atoms with Crippen molar-refractivity contribution in [2.45, 2.75) is 19.6 Å². The molecule has 7 nitrogen and oxygen atoms in total. The first-order chi connectivity index (χ1) is 13.9. The van der Waals surface area contributed by atoms with E-state index in [0.717, 1.165) is 22.4 Å². The fourth-order valence-electron chi connectivity index (χ4n) is 3.03. The second-order valence-electron chi connectivity index (χ2n) is 6.89. The second-order valence-corrected chi connectivity index (χ2v) is 8.92. The van der Waals surface area contributed by atoms with Gasteiger partial charge in [0.1, 0.15) is 5.75 Å². The zero-order chi connectivity index (χ0) is 20.9. The molecule has 0 atom stereocenters. The van der Waals surface area contributed by atoms with E-state index < -0.39 is 10.2 Å². The van der Waals surface area contributed by atoms with Crippen molar-refractivity contribution in [3.05, 3.63) is 83.7 Å². The Morgan fingerprint density at radius 1 is 0.931 bits per heavy atom. The molecule has 154 valence electrons. The molecule has 1 aromatic heterocycles. The number of aromatic nitrogens is 2. The molecule has 0 radical (unpaired) electrons. The summed E-state index contributed by atoms with van der Waals surface area (Å²) >= 11 is 0. The van der Waals surface area contributed by atoms with Crippen molar-refractivity contribution in [1.29, 1.82) is 0 Å². The van der Waals surface area contributed by atoms with E-state index in [9.17, 15) is 8.42 Å². The molecular formula is C21H26N4O3S. The number of methoxy groups -OCH3 is 1. The van der Waals surface area contributed by atoms with Crippen LogP contribution in [0.15, 0.2) is 67.0 Å². The molecule has 3 rings (SSSR count). The molecule has 0 aliphatic carbocycles. The van der Waals surface area contributed by atoms with Crippen LogP contribution < -0.4 is 4.74 Å². The summed E-state index contributed by atoms with van der Waals surface area (Å²) in [6.07, 6.45) is 3.49. The molecule has 2 aromatic carbocycles. The normalized spacial score (nSPS) is 11.9. The summed E-state index contributed by atoms with van der Waals surface area (Å²) in [5, 5.41) is 4.12. The average molecular weight is 415 g/mol. The van der Waals surface area contributed by atoms with Crippen LogP contribution in [0.5, 0.6) is 5.75 Å². The van der Waals surface area contributed by atoms with Crippen LogP contribution in [0.4, 0.5) is 0 Å². The number of rotatable bonds is 9. The van der Waals surface area contributed by atoms with Gasteiger partial charge >= 0.3 is 0 Å². The quantitative estimate of drug-likeness (QED) is 0.540. The Morgan fingerprint density at radius 3 is 2.10 bits per heavy atom. The lowest BCUT2D eigenvalue weighted by atomic mass is 10.2. The summed E-state index contributed by atoms with van der Waals surface area (Å²) in [5.41, 5.74) is 2.65. The minimum atomic E-state index is -3.70. The molecule has 0 fully saturated rings. The molecule has 8 heteroatoms. The van der Waals surface area contributed by atoms with Crippen molar-refractivity contribution < 1.29 is 13.2 Å². The van der Waals surface area contributed by atoms with Crippen LogP contribution in [-0.4, -0.2) is 41.0 Å². The highest BCUT2D eigenvalue weighted by atomic mass is 32.2. The highest BCUT2D eigenvalue weighted by Crippen LogP contribution is 2.20. The van der Waals surface area contributed by atoms with E-state index in [0.29, 0.717) is 0 Å². The van der Waals surface area contributed by atoms with Crippen LogP contribution in [-0.2, 0) is 36.9 Å². The lowest BCUT2D eigenvalue weighted by molar-refractivity contribution is 0.346. The minimum absolute atomic E-state index is 0.254. The van der Waals surface area contributed by atoms with Gasteiger partial charge in [-0.25, -0.2) is 0 Å². The number of benzene rings is 2.